The monoisotopic (exact) mass is 310 g/mol. The normalized spacial score (nSPS) is 20.7. The number of nitrogens with zero attached hydrogens (tertiary/aromatic N) is 1. The lowest BCUT2D eigenvalue weighted by Crippen LogP contribution is -2.50. The van der Waals surface area contributed by atoms with E-state index >= 15 is 0 Å². The van der Waals surface area contributed by atoms with Gasteiger partial charge in [0, 0.05) is 19.1 Å². The fourth-order valence-corrected chi connectivity index (χ4v) is 2.60. The second-order valence-corrected chi connectivity index (χ2v) is 6.68. The Bertz CT molecular complexity index is 467. The number of hydrogen-bond donors (Lipinski definition) is 2. The Morgan fingerprint density at radius 3 is 2.95 bits per heavy atom. The van der Waals surface area contributed by atoms with Crippen molar-refractivity contribution < 1.29 is 19.1 Å². The molecule has 1 aromatic rings. The second kappa shape index (κ2) is 7.15. The molecule has 6 heteroatoms. The Morgan fingerprint density at radius 2 is 2.36 bits per heavy atom. The van der Waals surface area contributed by atoms with Crippen molar-refractivity contribution in [1.82, 2.24) is 10.2 Å². The molecule has 2 heterocycles. The molecule has 22 heavy (non-hydrogen) atoms. The van der Waals surface area contributed by atoms with E-state index in [-0.39, 0.29) is 24.8 Å². The van der Waals surface area contributed by atoms with Crippen LogP contribution in [0.1, 0.15) is 45.4 Å². The third kappa shape index (κ3) is 4.74. The van der Waals surface area contributed by atoms with E-state index in [2.05, 4.69) is 5.32 Å². The maximum atomic E-state index is 12.2. The molecule has 2 N–H and O–H groups in total. The van der Waals surface area contributed by atoms with Gasteiger partial charge in [0.05, 0.1) is 18.9 Å². The first-order chi connectivity index (χ1) is 10.4. The summed E-state index contributed by atoms with van der Waals surface area (Å²) in [6.07, 6.45) is 3.18. The van der Waals surface area contributed by atoms with E-state index in [0.717, 1.165) is 12.8 Å². The van der Waals surface area contributed by atoms with Gasteiger partial charge >= 0.3 is 6.09 Å². The van der Waals surface area contributed by atoms with E-state index in [1.165, 1.54) is 0 Å². The van der Waals surface area contributed by atoms with Gasteiger partial charge in [0.2, 0.25) is 0 Å². The van der Waals surface area contributed by atoms with Crippen molar-refractivity contribution in [3.63, 3.8) is 0 Å². The van der Waals surface area contributed by atoms with Gasteiger partial charge in [-0.05, 0) is 45.7 Å². The number of amides is 1. The van der Waals surface area contributed by atoms with E-state index in [1.54, 1.807) is 17.2 Å². The molecule has 0 saturated carbocycles. The smallest absolute Gasteiger partial charge is 0.410 e. The summed E-state index contributed by atoms with van der Waals surface area (Å²) in [5.74, 6) is 0.705. The largest absolute Gasteiger partial charge is 0.468 e. The van der Waals surface area contributed by atoms with Crippen LogP contribution in [0.15, 0.2) is 22.8 Å². The molecule has 0 aliphatic carbocycles. The zero-order valence-electron chi connectivity index (χ0n) is 13.5. The maximum Gasteiger partial charge on any atom is 0.410 e. The topological polar surface area (TPSA) is 74.9 Å². The lowest BCUT2D eigenvalue weighted by atomic mass is 10.0. The number of carbonyl (C=O) groups excluding carboxylic acids is 1. The molecule has 0 bridgehead atoms. The number of furan rings is 1. The summed E-state index contributed by atoms with van der Waals surface area (Å²) in [6, 6.07) is 3.50. The van der Waals surface area contributed by atoms with Crippen LogP contribution in [0.2, 0.25) is 0 Å². The first kappa shape index (κ1) is 16.8. The minimum absolute atomic E-state index is 0.0452. The molecule has 1 aliphatic heterocycles. The zero-order valence-corrected chi connectivity index (χ0v) is 13.5. The van der Waals surface area contributed by atoms with Gasteiger partial charge in [-0.3, -0.25) is 0 Å². The molecule has 1 fully saturated rings. The zero-order chi connectivity index (χ0) is 16.2. The van der Waals surface area contributed by atoms with Gasteiger partial charge in [-0.1, -0.05) is 0 Å². The maximum absolute atomic E-state index is 12.2. The summed E-state index contributed by atoms with van der Waals surface area (Å²) in [4.78, 5) is 13.9. The van der Waals surface area contributed by atoms with Crippen molar-refractivity contribution in [1.29, 1.82) is 0 Å². The number of carbonyl (C=O) groups is 1. The number of aliphatic hydroxyl groups excluding tert-OH is 1. The average Bonchev–Trinajstić information content (AvgIpc) is 2.97. The first-order valence-corrected chi connectivity index (χ1v) is 7.77. The molecule has 1 amide bonds. The molecule has 0 aromatic carbocycles. The molecule has 1 aromatic heterocycles. The Balaban J connectivity index is 1.91. The molecule has 0 radical (unpaired) electrons. The van der Waals surface area contributed by atoms with E-state index in [0.29, 0.717) is 18.8 Å². The highest BCUT2D eigenvalue weighted by molar-refractivity contribution is 5.68. The van der Waals surface area contributed by atoms with Gasteiger partial charge in [-0.2, -0.15) is 0 Å². The molecule has 2 rings (SSSR count). The average molecular weight is 310 g/mol. The number of piperidine rings is 1. The number of hydrogen-bond acceptors (Lipinski definition) is 5. The predicted octanol–water partition coefficient (Wildman–Crippen LogP) is 2.30. The lowest BCUT2D eigenvalue weighted by Gasteiger charge is -2.35. The van der Waals surface area contributed by atoms with E-state index in [4.69, 9.17) is 9.15 Å². The summed E-state index contributed by atoms with van der Waals surface area (Å²) in [7, 11) is 0. The fraction of sp³-hybridized carbons (Fsp3) is 0.688. The Labute approximate surface area is 131 Å². The molecule has 0 spiro atoms. The third-order valence-electron chi connectivity index (χ3n) is 3.58. The quantitative estimate of drug-likeness (QED) is 0.892. The van der Waals surface area contributed by atoms with E-state index in [1.807, 2.05) is 26.8 Å². The van der Waals surface area contributed by atoms with Crippen LogP contribution < -0.4 is 5.32 Å². The summed E-state index contributed by atoms with van der Waals surface area (Å²) in [5.41, 5.74) is -0.487. The summed E-state index contributed by atoms with van der Waals surface area (Å²) < 4.78 is 10.8. The van der Waals surface area contributed by atoms with Crippen molar-refractivity contribution in [3.8, 4) is 0 Å². The highest BCUT2D eigenvalue weighted by Crippen LogP contribution is 2.19. The molecular formula is C16H26N2O4. The minimum Gasteiger partial charge on any atom is -0.468 e. The Hall–Kier alpha value is -1.53. The molecule has 1 saturated heterocycles. The van der Waals surface area contributed by atoms with Crippen LogP contribution in [0.25, 0.3) is 0 Å². The number of likely N-dealkylation sites (tertiary alicyclic amines) is 1. The summed E-state index contributed by atoms with van der Waals surface area (Å²) in [5, 5.41) is 12.9. The van der Waals surface area contributed by atoms with Crippen LogP contribution in [-0.4, -0.2) is 47.4 Å². The van der Waals surface area contributed by atoms with Crippen molar-refractivity contribution in [2.24, 2.45) is 0 Å². The highest BCUT2D eigenvalue weighted by Gasteiger charge is 2.29. The van der Waals surface area contributed by atoms with Crippen LogP contribution in [0, 0.1) is 0 Å². The van der Waals surface area contributed by atoms with Crippen LogP contribution in [0.5, 0.6) is 0 Å². The molecule has 2 unspecified atom stereocenters. The number of ether oxygens (including phenoxy) is 1. The van der Waals surface area contributed by atoms with Crippen molar-refractivity contribution in [2.75, 3.05) is 19.7 Å². The highest BCUT2D eigenvalue weighted by atomic mass is 16.6. The first-order valence-electron chi connectivity index (χ1n) is 7.77. The van der Waals surface area contributed by atoms with Crippen LogP contribution >= 0.6 is 0 Å². The Kier molecular flexibility index (Phi) is 5.47. The standard InChI is InChI=1S/C16H26N2O4/c1-16(2,3)22-15(20)18-8-4-6-12(10-18)17-13(11-19)14-7-5-9-21-14/h5,7,9,12-13,17,19H,4,6,8,10-11H2,1-3H3. The van der Waals surface area contributed by atoms with Crippen molar-refractivity contribution in [3.05, 3.63) is 24.2 Å². The van der Waals surface area contributed by atoms with Crippen molar-refractivity contribution >= 4 is 6.09 Å². The Morgan fingerprint density at radius 1 is 1.59 bits per heavy atom. The number of aliphatic hydroxyl groups is 1. The van der Waals surface area contributed by atoms with Gasteiger partial charge < -0.3 is 24.5 Å². The van der Waals surface area contributed by atoms with Crippen LogP contribution in [0.3, 0.4) is 0 Å². The fourth-order valence-electron chi connectivity index (χ4n) is 2.60. The molecule has 6 nitrogen and oxygen atoms in total. The number of rotatable bonds is 4. The third-order valence-corrected chi connectivity index (χ3v) is 3.58. The number of nitrogens with one attached hydrogen (secondary N) is 1. The van der Waals surface area contributed by atoms with E-state index in [9.17, 15) is 9.90 Å². The molecule has 1 aliphatic rings. The minimum atomic E-state index is -0.487. The summed E-state index contributed by atoms with van der Waals surface area (Å²) >= 11 is 0. The van der Waals surface area contributed by atoms with Crippen LogP contribution in [-0.2, 0) is 4.74 Å². The van der Waals surface area contributed by atoms with Gasteiger partial charge in [0.25, 0.3) is 0 Å². The van der Waals surface area contributed by atoms with Crippen molar-refractivity contribution in [2.45, 2.75) is 51.3 Å². The predicted molar refractivity (Wildman–Crippen MR) is 82.5 cm³/mol. The van der Waals surface area contributed by atoms with Gasteiger partial charge in [0.15, 0.2) is 0 Å². The lowest BCUT2D eigenvalue weighted by molar-refractivity contribution is 0.0179. The van der Waals surface area contributed by atoms with E-state index < -0.39 is 5.60 Å². The molecule has 2 atom stereocenters. The SMILES string of the molecule is CC(C)(C)OC(=O)N1CCCC(NC(CO)c2ccco2)C1. The summed E-state index contributed by atoms with van der Waals surface area (Å²) in [6.45, 7) is 6.83. The van der Waals surface area contributed by atoms with Gasteiger partial charge in [0.1, 0.15) is 11.4 Å². The molecule has 124 valence electrons. The molecular weight excluding hydrogens is 284 g/mol. The van der Waals surface area contributed by atoms with Crippen LogP contribution in [0.4, 0.5) is 4.79 Å². The second-order valence-electron chi connectivity index (χ2n) is 6.68. The van der Waals surface area contributed by atoms with Gasteiger partial charge in [-0.25, -0.2) is 4.79 Å². The van der Waals surface area contributed by atoms with Gasteiger partial charge in [-0.15, -0.1) is 0 Å².